The molecule has 0 bridgehead atoms. The second kappa shape index (κ2) is 4.89. The molecule has 1 heteroatoms. The monoisotopic (exact) mass is 154 g/mol. The van der Waals surface area contributed by atoms with Gasteiger partial charge in [-0.15, -0.1) is 0 Å². The number of halogens is 1. The molecule has 0 fully saturated rings. The molecule has 0 amide bonds. The fourth-order valence-electron chi connectivity index (χ4n) is 1.04. The van der Waals surface area contributed by atoms with Crippen LogP contribution in [0.15, 0.2) is 36.0 Å². The third-order valence-corrected chi connectivity index (χ3v) is 1.56. The highest BCUT2D eigenvalue weighted by Gasteiger charge is 2.05. The van der Waals surface area contributed by atoms with Crippen LogP contribution < -0.4 is 0 Å². The van der Waals surface area contributed by atoms with E-state index in [0.29, 0.717) is 0 Å². The molecule has 0 spiro atoms. The van der Waals surface area contributed by atoms with Crippen LogP contribution in [-0.4, -0.2) is 6.17 Å². The van der Waals surface area contributed by atoms with Crippen LogP contribution in [0.2, 0.25) is 0 Å². The van der Waals surface area contributed by atoms with Gasteiger partial charge in [-0.1, -0.05) is 24.8 Å². The average Bonchev–Trinajstić information content (AvgIpc) is 1.88. The molecule has 0 aromatic rings. The molecule has 1 unspecified atom stereocenters. The van der Waals surface area contributed by atoms with Gasteiger partial charge < -0.3 is 0 Å². The Morgan fingerprint density at radius 3 is 2.36 bits per heavy atom. The fourth-order valence-corrected chi connectivity index (χ4v) is 1.04. The van der Waals surface area contributed by atoms with Crippen molar-refractivity contribution in [2.24, 2.45) is 0 Å². The van der Waals surface area contributed by atoms with E-state index in [0.717, 1.165) is 11.1 Å². The van der Waals surface area contributed by atoms with Crippen molar-refractivity contribution < 1.29 is 4.39 Å². The SMILES string of the molecule is C=C/C=C(C)/C(=C\C)C(C)F. The smallest absolute Gasteiger partial charge is 0.122 e. The molecule has 0 nitrogen and oxygen atoms in total. The summed E-state index contributed by atoms with van der Waals surface area (Å²) in [7, 11) is 0. The molecule has 1 atom stereocenters. The Morgan fingerprint density at radius 2 is 2.09 bits per heavy atom. The maximum Gasteiger partial charge on any atom is 0.122 e. The first-order valence-corrected chi connectivity index (χ1v) is 3.73. The van der Waals surface area contributed by atoms with Gasteiger partial charge in [-0.05, 0) is 31.9 Å². The first-order valence-electron chi connectivity index (χ1n) is 3.73. The van der Waals surface area contributed by atoms with Gasteiger partial charge in [0.2, 0.25) is 0 Å². The van der Waals surface area contributed by atoms with E-state index in [4.69, 9.17) is 0 Å². The van der Waals surface area contributed by atoms with E-state index in [2.05, 4.69) is 6.58 Å². The van der Waals surface area contributed by atoms with E-state index in [1.165, 1.54) is 6.92 Å². The topological polar surface area (TPSA) is 0 Å². The van der Waals surface area contributed by atoms with E-state index < -0.39 is 6.17 Å². The van der Waals surface area contributed by atoms with Crippen molar-refractivity contribution in [3.8, 4) is 0 Å². The number of hydrogen-bond acceptors (Lipinski definition) is 0. The van der Waals surface area contributed by atoms with Crippen molar-refractivity contribution >= 4 is 0 Å². The molecular formula is C10H15F. The Hall–Kier alpha value is -0.850. The van der Waals surface area contributed by atoms with Gasteiger partial charge in [0.05, 0.1) is 0 Å². The van der Waals surface area contributed by atoms with E-state index in [1.54, 1.807) is 12.2 Å². The van der Waals surface area contributed by atoms with Crippen molar-refractivity contribution in [1.82, 2.24) is 0 Å². The molecule has 0 aliphatic rings. The van der Waals surface area contributed by atoms with Crippen molar-refractivity contribution in [2.45, 2.75) is 26.9 Å². The van der Waals surface area contributed by atoms with Crippen LogP contribution in [0.3, 0.4) is 0 Å². The van der Waals surface area contributed by atoms with Crippen LogP contribution in [0.4, 0.5) is 4.39 Å². The number of allylic oxidation sites excluding steroid dienone is 5. The van der Waals surface area contributed by atoms with Crippen molar-refractivity contribution in [3.63, 3.8) is 0 Å². The van der Waals surface area contributed by atoms with Crippen LogP contribution >= 0.6 is 0 Å². The summed E-state index contributed by atoms with van der Waals surface area (Å²) < 4.78 is 12.8. The molecule has 0 N–H and O–H groups in total. The minimum Gasteiger partial charge on any atom is -0.243 e. The molecule has 0 heterocycles. The van der Waals surface area contributed by atoms with Gasteiger partial charge in [-0.2, -0.15) is 0 Å². The van der Waals surface area contributed by atoms with E-state index in [-0.39, 0.29) is 0 Å². The summed E-state index contributed by atoms with van der Waals surface area (Å²) in [4.78, 5) is 0. The lowest BCUT2D eigenvalue weighted by atomic mass is 10.0. The second-order valence-corrected chi connectivity index (χ2v) is 2.45. The molecule has 0 aliphatic heterocycles. The molecular weight excluding hydrogens is 139 g/mol. The fraction of sp³-hybridized carbons (Fsp3) is 0.400. The minimum atomic E-state index is -0.892. The largest absolute Gasteiger partial charge is 0.243 e. The summed E-state index contributed by atoms with van der Waals surface area (Å²) in [5.74, 6) is 0. The Kier molecular flexibility index (Phi) is 4.51. The zero-order chi connectivity index (χ0) is 8.85. The summed E-state index contributed by atoms with van der Waals surface area (Å²) in [6, 6.07) is 0. The molecule has 0 aromatic heterocycles. The van der Waals surface area contributed by atoms with Gasteiger partial charge in [-0.25, -0.2) is 4.39 Å². The summed E-state index contributed by atoms with van der Waals surface area (Å²) in [5, 5.41) is 0. The lowest BCUT2D eigenvalue weighted by molar-refractivity contribution is 0.414. The highest BCUT2D eigenvalue weighted by atomic mass is 19.1. The highest BCUT2D eigenvalue weighted by molar-refractivity contribution is 5.33. The van der Waals surface area contributed by atoms with Crippen LogP contribution in [-0.2, 0) is 0 Å². The summed E-state index contributed by atoms with van der Waals surface area (Å²) in [6.45, 7) is 8.81. The molecule has 0 aliphatic carbocycles. The van der Waals surface area contributed by atoms with E-state index in [9.17, 15) is 4.39 Å². The zero-order valence-corrected chi connectivity index (χ0v) is 7.39. The third-order valence-electron chi connectivity index (χ3n) is 1.56. The summed E-state index contributed by atoms with van der Waals surface area (Å²) in [5.41, 5.74) is 1.68. The minimum absolute atomic E-state index is 0.741. The average molecular weight is 154 g/mol. The van der Waals surface area contributed by atoms with Gasteiger partial charge in [0.25, 0.3) is 0 Å². The molecule has 11 heavy (non-hydrogen) atoms. The van der Waals surface area contributed by atoms with Gasteiger partial charge >= 0.3 is 0 Å². The first kappa shape index (κ1) is 10.2. The Balaban J connectivity index is 4.53. The first-order chi connectivity index (χ1) is 5.13. The van der Waals surface area contributed by atoms with Gasteiger partial charge in [0.15, 0.2) is 0 Å². The highest BCUT2D eigenvalue weighted by Crippen LogP contribution is 2.15. The van der Waals surface area contributed by atoms with Gasteiger partial charge in [0, 0.05) is 0 Å². The van der Waals surface area contributed by atoms with Crippen LogP contribution in [0.1, 0.15) is 20.8 Å². The molecule has 0 radical (unpaired) electrons. The van der Waals surface area contributed by atoms with E-state index in [1.807, 2.05) is 19.9 Å². The molecule has 0 saturated carbocycles. The van der Waals surface area contributed by atoms with Crippen LogP contribution in [0, 0.1) is 0 Å². The summed E-state index contributed by atoms with van der Waals surface area (Å²) >= 11 is 0. The summed E-state index contributed by atoms with van der Waals surface area (Å²) in [6.07, 6.45) is 4.38. The van der Waals surface area contributed by atoms with Crippen LogP contribution in [0.5, 0.6) is 0 Å². The standard InChI is InChI=1S/C10H15F/c1-5-7-8(3)10(6-2)9(4)11/h5-7,9H,1H2,2-4H3/b8-7+,10-6+. The third kappa shape index (κ3) is 3.17. The Labute approximate surface area is 68.1 Å². The Morgan fingerprint density at radius 1 is 1.55 bits per heavy atom. The lowest BCUT2D eigenvalue weighted by Gasteiger charge is -2.07. The second-order valence-electron chi connectivity index (χ2n) is 2.45. The lowest BCUT2D eigenvalue weighted by Crippen LogP contribution is -1.99. The Bertz CT molecular complexity index is 185. The molecule has 62 valence electrons. The quantitative estimate of drug-likeness (QED) is 0.546. The van der Waals surface area contributed by atoms with Gasteiger partial charge in [0.1, 0.15) is 6.17 Å². The van der Waals surface area contributed by atoms with E-state index >= 15 is 0 Å². The van der Waals surface area contributed by atoms with Gasteiger partial charge in [-0.3, -0.25) is 0 Å². The molecule has 0 saturated heterocycles. The predicted molar refractivity (Wildman–Crippen MR) is 48.3 cm³/mol. The van der Waals surface area contributed by atoms with Crippen LogP contribution in [0.25, 0.3) is 0 Å². The number of hydrogen-bond donors (Lipinski definition) is 0. The molecule has 0 rings (SSSR count). The predicted octanol–water partition coefficient (Wildman–Crippen LogP) is 3.42. The maximum atomic E-state index is 12.8. The maximum absolute atomic E-state index is 12.8. The number of rotatable bonds is 3. The van der Waals surface area contributed by atoms with Crippen molar-refractivity contribution in [1.29, 1.82) is 0 Å². The normalized spacial score (nSPS) is 16.4. The van der Waals surface area contributed by atoms with Crippen molar-refractivity contribution in [2.75, 3.05) is 0 Å². The molecule has 0 aromatic carbocycles. The van der Waals surface area contributed by atoms with Crippen molar-refractivity contribution in [3.05, 3.63) is 36.0 Å². The zero-order valence-electron chi connectivity index (χ0n) is 7.39. The number of alkyl halides is 1.